The lowest BCUT2D eigenvalue weighted by atomic mass is 9.94. The number of nitrogens with zero attached hydrogens (tertiary/aromatic N) is 1. The highest BCUT2D eigenvalue weighted by molar-refractivity contribution is 8.00. The number of carbonyl (C=O) groups is 1. The molecule has 2 aliphatic heterocycles. The first kappa shape index (κ1) is 13.7. The Kier molecular flexibility index (Phi) is 3.34. The van der Waals surface area contributed by atoms with E-state index in [0.717, 1.165) is 6.54 Å². The van der Waals surface area contributed by atoms with Crippen LogP contribution in [0, 0.1) is 5.92 Å². The van der Waals surface area contributed by atoms with Crippen LogP contribution in [0.3, 0.4) is 0 Å². The first-order valence-corrected chi connectivity index (χ1v) is 8.46. The summed E-state index contributed by atoms with van der Waals surface area (Å²) in [5.74, 6) is 0.783. The van der Waals surface area contributed by atoms with Crippen molar-refractivity contribution in [3.8, 4) is 5.75 Å². The second kappa shape index (κ2) is 5.36. The van der Waals surface area contributed by atoms with E-state index < -0.39 is 0 Å². The quantitative estimate of drug-likeness (QED) is 0.843. The highest BCUT2D eigenvalue weighted by Gasteiger charge is 2.41. The van der Waals surface area contributed by atoms with Gasteiger partial charge < -0.3 is 9.64 Å². The molecule has 0 fully saturated rings. The van der Waals surface area contributed by atoms with Crippen molar-refractivity contribution in [2.45, 2.75) is 17.2 Å². The number of ether oxygens (including phenoxy) is 1. The highest BCUT2D eigenvalue weighted by Crippen LogP contribution is 2.47. The van der Waals surface area contributed by atoms with Crippen LogP contribution in [0.4, 0.5) is 5.69 Å². The van der Waals surface area contributed by atoms with Crippen LogP contribution in [0.15, 0.2) is 53.4 Å². The summed E-state index contributed by atoms with van der Waals surface area (Å²) in [6.45, 7) is 3.48. The van der Waals surface area contributed by atoms with Crippen molar-refractivity contribution in [2.24, 2.45) is 5.92 Å². The number of hydrogen-bond acceptors (Lipinski definition) is 4. The summed E-state index contributed by atoms with van der Waals surface area (Å²) in [5.41, 5.74) is 1.94. The summed E-state index contributed by atoms with van der Waals surface area (Å²) in [4.78, 5) is 16.5. The number of ketones is 1. The van der Waals surface area contributed by atoms with Crippen LogP contribution in [-0.4, -0.2) is 24.3 Å². The van der Waals surface area contributed by atoms with Gasteiger partial charge in [-0.3, -0.25) is 4.79 Å². The van der Waals surface area contributed by atoms with Crippen LogP contribution in [0.25, 0.3) is 0 Å². The van der Waals surface area contributed by atoms with Gasteiger partial charge in [-0.2, -0.15) is 0 Å². The molecule has 2 aromatic carbocycles. The first-order valence-electron chi connectivity index (χ1n) is 7.58. The fourth-order valence-electron chi connectivity index (χ4n) is 3.24. The largest absolute Gasteiger partial charge is 0.492 e. The zero-order valence-electron chi connectivity index (χ0n) is 12.4. The number of hydrogen-bond donors (Lipinski definition) is 0. The summed E-state index contributed by atoms with van der Waals surface area (Å²) >= 11 is 1.78. The van der Waals surface area contributed by atoms with Gasteiger partial charge in [0.2, 0.25) is 0 Å². The maximum Gasteiger partial charge on any atom is 0.176 e. The van der Waals surface area contributed by atoms with Gasteiger partial charge in [0.25, 0.3) is 0 Å². The molecule has 3 nitrogen and oxygen atoms in total. The minimum atomic E-state index is -0.132. The van der Waals surface area contributed by atoms with Gasteiger partial charge in [0.15, 0.2) is 5.78 Å². The van der Waals surface area contributed by atoms with Crippen LogP contribution in [0.5, 0.6) is 5.75 Å². The van der Waals surface area contributed by atoms with Crippen LogP contribution in [-0.2, 0) is 0 Å². The topological polar surface area (TPSA) is 29.5 Å². The molecule has 2 aliphatic rings. The molecule has 2 heterocycles. The number of anilines is 1. The number of Topliss-reactive ketones (excluding diaryl/α,β-unsaturated/α-hetero) is 1. The van der Waals surface area contributed by atoms with E-state index in [-0.39, 0.29) is 17.1 Å². The second-order valence-corrected chi connectivity index (χ2v) is 6.70. The summed E-state index contributed by atoms with van der Waals surface area (Å²) in [6, 6.07) is 15.9. The van der Waals surface area contributed by atoms with Crippen molar-refractivity contribution >= 4 is 23.2 Å². The Morgan fingerprint density at radius 3 is 2.82 bits per heavy atom. The third-order valence-corrected chi connectivity index (χ3v) is 5.75. The maximum absolute atomic E-state index is 12.9. The molecule has 2 atom stereocenters. The van der Waals surface area contributed by atoms with Crippen LogP contribution >= 0.6 is 11.8 Å². The third-order valence-electron chi connectivity index (χ3n) is 4.32. The van der Waals surface area contributed by atoms with E-state index in [0.29, 0.717) is 17.9 Å². The summed E-state index contributed by atoms with van der Waals surface area (Å²) in [5, 5.41) is 0.114. The minimum Gasteiger partial charge on any atom is -0.492 e. The number of thioether (sulfide) groups is 1. The van der Waals surface area contributed by atoms with Crippen molar-refractivity contribution in [1.82, 2.24) is 0 Å². The second-order valence-electron chi connectivity index (χ2n) is 5.54. The van der Waals surface area contributed by atoms with Gasteiger partial charge in [0.1, 0.15) is 12.4 Å². The van der Waals surface area contributed by atoms with E-state index >= 15 is 0 Å². The first-order chi connectivity index (χ1) is 10.8. The summed E-state index contributed by atoms with van der Waals surface area (Å²) < 4.78 is 5.85. The van der Waals surface area contributed by atoms with Gasteiger partial charge in [-0.25, -0.2) is 0 Å². The van der Waals surface area contributed by atoms with E-state index in [9.17, 15) is 4.79 Å². The lowest BCUT2D eigenvalue weighted by Gasteiger charge is -2.33. The van der Waals surface area contributed by atoms with Gasteiger partial charge in [0.05, 0.1) is 22.5 Å². The normalized spacial score (nSPS) is 23.0. The number of benzene rings is 2. The maximum atomic E-state index is 12.9. The summed E-state index contributed by atoms with van der Waals surface area (Å²) in [7, 11) is 0. The van der Waals surface area contributed by atoms with Crippen molar-refractivity contribution < 1.29 is 9.53 Å². The molecule has 112 valence electrons. The van der Waals surface area contributed by atoms with Gasteiger partial charge in [-0.15, -0.1) is 0 Å². The molecule has 0 radical (unpaired) electrons. The minimum absolute atomic E-state index is 0.114. The Balaban J connectivity index is 1.68. The molecule has 0 aromatic heterocycles. The molecule has 0 N–H and O–H groups in total. The van der Waals surface area contributed by atoms with E-state index in [2.05, 4.69) is 36.1 Å². The van der Waals surface area contributed by atoms with Crippen LogP contribution in [0.2, 0.25) is 0 Å². The molecule has 0 saturated carbocycles. The Labute approximate surface area is 134 Å². The van der Waals surface area contributed by atoms with E-state index in [4.69, 9.17) is 4.74 Å². The molecule has 2 unspecified atom stereocenters. The Hall–Kier alpha value is -1.94. The fraction of sp³-hybridized carbons (Fsp3) is 0.278. The number of carbonyl (C=O) groups excluding carboxylic acids is 1. The summed E-state index contributed by atoms with van der Waals surface area (Å²) in [6.07, 6.45) is 0. The van der Waals surface area contributed by atoms with Gasteiger partial charge in [-0.1, -0.05) is 36.0 Å². The number of para-hydroxylation sites is 2. The van der Waals surface area contributed by atoms with Gasteiger partial charge in [0, 0.05) is 11.4 Å². The molecule has 2 aromatic rings. The molecule has 0 aliphatic carbocycles. The molecule has 0 bridgehead atoms. The fourth-order valence-corrected chi connectivity index (χ4v) is 4.72. The number of fused-ring (bicyclic) bond motifs is 2. The van der Waals surface area contributed by atoms with E-state index in [1.54, 1.807) is 11.8 Å². The van der Waals surface area contributed by atoms with Gasteiger partial charge >= 0.3 is 0 Å². The molecule has 4 heteroatoms. The predicted octanol–water partition coefficient (Wildman–Crippen LogP) is 3.84. The lowest BCUT2D eigenvalue weighted by Crippen LogP contribution is -2.43. The average molecular weight is 311 g/mol. The van der Waals surface area contributed by atoms with Crippen molar-refractivity contribution in [1.29, 1.82) is 0 Å². The smallest absolute Gasteiger partial charge is 0.176 e. The van der Waals surface area contributed by atoms with Gasteiger partial charge in [-0.05, 0) is 31.2 Å². The van der Waals surface area contributed by atoms with E-state index in [1.807, 2.05) is 24.3 Å². The monoisotopic (exact) mass is 311 g/mol. The molecule has 4 rings (SSSR count). The SMILES string of the molecule is CCN1c2ccccc2SC1C1COc2ccccc2C1=O. The molecule has 0 saturated heterocycles. The molecule has 0 spiro atoms. The van der Waals surface area contributed by atoms with E-state index in [1.165, 1.54) is 10.6 Å². The number of rotatable bonds is 2. The standard InChI is InChI=1S/C18H17NO2S/c1-2-19-14-8-4-6-10-16(14)22-18(19)13-11-21-15-9-5-3-7-12(15)17(13)20/h3-10,13,18H,2,11H2,1H3. The Bertz CT molecular complexity index is 731. The zero-order chi connectivity index (χ0) is 15.1. The molecular weight excluding hydrogens is 294 g/mol. The van der Waals surface area contributed by atoms with Crippen molar-refractivity contribution in [3.63, 3.8) is 0 Å². The Morgan fingerprint density at radius 2 is 1.95 bits per heavy atom. The predicted molar refractivity (Wildman–Crippen MR) is 88.9 cm³/mol. The molecule has 0 amide bonds. The molecule has 22 heavy (non-hydrogen) atoms. The Morgan fingerprint density at radius 1 is 1.18 bits per heavy atom. The van der Waals surface area contributed by atoms with Crippen molar-refractivity contribution in [3.05, 3.63) is 54.1 Å². The van der Waals surface area contributed by atoms with Crippen LogP contribution < -0.4 is 9.64 Å². The van der Waals surface area contributed by atoms with Crippen LogP contribution in [0.1, 0.15) is 17.3 Å². The zero-order valence-corrected chi connectivity index (χ0v) is 13.2. The third kappa shape index (κ3) is 2.02. The molecular formula is C18H17NO2S. The highest BCUT2D eigenvalue weighted by atomic mass is 32.2. The van der Waals surface area contributed by atoms with Crippen molar-refractivity contribution in [2.75, 3.05) is 18.1 Å². The lowest BCUT2D eigenvalue weighted by molar-refractivity contribution is 0.0827. The average Bonchev–Trinajstić information content (AvgIpc) is 2.93.